The summed E-state index contributed by atoms with van der Waals surface area (Å²) < 4.78 is 30.0. The highest BCUT2D eigenvalue weighted by Crippen LogP contribution is 2.35. The van der Waals surface area contributed by atoms with E-state index < -0.39 is 10.1 Å². The summed E-state index contributed by atoms with van der Waals surface area (Å²) in [6, 6.07) is 8.25. The third kappa shape index (κ3) is 3.61. The summed E-state index contributed by atoms with van der Waals surface area (Å²) in [6.07, 6.45) is 1.25. The lowest BCUT2D eigenvalue weighted by atomic mass is 10.2. The molecule has 0 unspecified atom stereocenters. The molecule has 1 N–H and O–H groups in total. The van der Waals surface area contributed by atoms with Crippen LogP contribution in [0.3, 0.4) is 0 Å². The molecule has 1 aliphatic rings. The van der Waals surface area contributed by atoms with E-state index in [0.717, 1.165) is 26.2 Å². The Morgan fingerprint density at radius 2 is 1.79 bits per heavy atom. The molecule has 2 rings (SSSR count). The first-order valence-corrected chi connectivity index (χ1v) is 8.16. The maximum Gasteiger partial charge on any atom is 0.264 e. The summed E-state index contributed by atoms with van der Waals surface area (Å²) in [6.45, 7) is 4.74. The van der Waals surface area contributed by atoms with Crippen molar-refractivity contribution in [1.82, 2.24) is 0 Å². The van der Waals surface area contributed by atoms with Gasteiger partial charge in [0.2, 0.25) is 0 Å². The van der Waals surface area contributed by atoms with Crippen LogP contribution < -0.4 is 9.80 Å². The Kier molecular flexibility index (Phi) is 4.31. The second-order valence-corrected chi connectivity index (χ2v) is 6.31. The fourth-order valence-electron chi connectivity index (χ4n) is 2.41. The first-order valence-electron chi connectivity index (χ1n) is 6.55. The highest BCUT2D eigenvalue weighted by atomic mass is 32.2. The van der Waals surface area contributed by atoms with Crippen molar-refractivity contribution in [3.05, 3.63) is 24.3 Å². The van der Waals surface area contributed by atoms with Gasteiger partial charge in [-0.3, -0.25) is 4.55 Å². The molecule has 0 saturated carbocycles. The van der Waals surface area contributed by atoms with Crippen molar-refractivity contribution in [1.29, 1.82) is 0 Å². The molecule has 19 heavy (non-hydrogen) atoms. The molecular weight excluding hydrogens is 264 g/mol. The highest BCUT2D eigenvalue weighted by Gasteiger charge is 2.23. The smallest absolute Gasteiger partial charge is 0.264 e. The summed E-state index contributed by atoms with van der Waals surface area (Å²) in [5.41, 5.74) is 2.44. The van der Waals surface area contributed by atoms with Gasteiger partial charge in [0.25, 0.3) is 10.1 Å². The zero-order valence-corrected chi connectivity index (χ0v) is 11.9. The van der Waals surface area contributed by atoms with Crippen LogP contribution in [-0.4, -0.2) is 38.5 Å². The number of rotatable bonds is 6. The Labute approximate surface area is 114 Å². The molecule has 1 aromatic rings. The van der Waals surface area contributed by atoms with Gasteiger partial charge in [0.15, 0.2) is 0 Å². The minimum absolute atomic E-state index is 0.153. The predicted molar refractivity (Wildman–Crippen MR) is 77.3 cm³/mol. The van der Waals surface area contributed by atoms with E-state index in [0.29, 0.717) is 6.42 Å². The average Bonchev–Trinajstić information content (AvgIpc) is 2.72. The monoisotopic (exact) mass is 284 g/mol. The van der Waals surface area contributed by atoms with Gasteiger partial charge in [-0.1, -0.05) is 12.1 Å². The fourth-order valence-corrected chi connectivity index (χ4v) is 2.97. The molecule has 0 spiro atoms. The number of hydrogen-bond acceptors (Lipinski definition) is 4. The maximum atomic E-state index is 10.7. The molecule has 106 valence electrons. The number of nitrogens with zero attached hydrogens (tertiary/aromatic N) is 2. The standard InChI is InChI=1S/C13H20N2O3S/c1-2-14-11-15(9-5-6-10-19(16,17)18)13-8-4-3-7-12(13)14/h3-4,7-8H,2,5-6,9-11H2,1H3,(H,16,17,18). The van der Waals surface area contributed by atoms with Crippen LogP contribution in [0.25, 0.3) is 0 Å². The van der Waals surface area contributed by atoms with Gasteiger partial charge in [0.1, 0.15) is 0 Å². The van der Waals surface area contributed by atoms with Gasteiger partial charge in [-0.25, -0.2) is 0 Å². The van der Waals surface area contributed by atoms with Gasteiger partial charge in [-0.2, -0.15) is 8.42 Å². The Hall–Kier alpha value is -1.27. The van der Waals surface area contributed by atoms with Gasteiger partial charge in [0, 0.05) is 13.1 Å². The van der Waals surface area contributed by atoms with E-state index in [1.807, 2.05) is 12.1 Å². The Morgan fingerprint density at radius 1 is 1.16 bits per heavy atom. The second kappa shape index (κ2) is 5.79. The van der Waals surface area contributed by atoms with Crippen molar-refractivity contribution in [3.63, 3.8) is 0 Å². The summed E-state index contributed by atoms with van der Waals surface area (Å²) >= 11 is 0. The fraction of sp³-hybridized carbons (Fsp3) is 0.538. The molecule has 1 aliphatic heterocycles. The average molecular weight is 284 g/mol. The van der Waals surface area contributed by atoms with E-state index in [-0.39, 0.29) is 5.75 Å². The predicted octanol–water partition coefficient (Wildman–Crippen LogP) is 1.96. The first kappa shape index (κ1) is 14.1. The van der Waals surface area contributed by atoms with Crippen molar-refractivity contribution in [2.45, 2.75) is 19.8 Å². The van der Waals surface area contributed by atoms with E-state index in [9.17, 15) is 8.42 Å². The summed E-state index contributed by atoms with van der Waals surface area (Å²) in [5.74, 6) is -0.153. The van der Waals surface area contributed by atoms with E-state index in [1.165, 1.54) is 11.4 Å². The lowest BCUT2D eigenvalue weighted by Gasteiger charge is -2.20. The number of hydrogen-bond donors (Lipinski definition) is 1. The molecule has 0 radical (unpaired) electrons. The molecule has 1 aromatic carbocycles. The van der Waals surface area contributed by atoms with Crippen LogP contribution in [0.4, 0.5) is 11.4 Å². The first-order chi connectivity index (χ1) is 9.01. The van der Waals surface area contributed by atoms with Crippen LogP contribution in [0, 0.1) is 0 Å². The number of benzene rings is 1. The number of para-hydroxylation sites is 2. The molecule has 0 bridgehead atoms. The van der Waals surface area contributed by atoms with Crippen LogP contribution in [0.2, 0.25) is 0 Å². The molecule has 0 aromatic heterocycles. The van der Waals surface area contributed by atoms with Crippen LogP contribution in [0.5, 0.6) is 0 Å². The largest absolute Gasteiger partial charge is 0.352 e. The molecular formula is C13H20N2O3S. The van der Waals surface area contributed by atoms with Crippen LogP contribution >= 0.6 is 0 Å². The van der Waals surface area contributed by atoms with Crippen LogP contribution in [-0.2, 0) is 10.1 Å². The molecule has 0 amide bonds. The molecule has 5 nitrogen and oxygen atoms in total. The third-order valence-corrected chi connectivity index (χ3v) is 4.17. The molecule has 6 heteroatoms. The van der Waals surface area contributed by atoms with E-state index in [4.69, 9.17) is 4.55 Å². The summed E-state index contributed by atoms with van der Waals surface area (Å²) in [5, 5.41) is 0. The summed E-state index contributed by atoms with van der Waals surface area (Å²) in [4.78, 5) is 4.54. The van der Waals surface area contributed by atoms with Gasteiger partial charge in [0.05, 0.1) is 23.8 Å². The number of unbranched alkanes of at least 4 members (excludes halogenated alkanes) is 1. The second-order valence-electron chi connectivity index (χ2n) is 4.74. The van der Waals surface area contributed by atoms with E-state index in [2.05, 4.69) is 28.9 Å². The lowest BCUT2D eigenvalue weighted by Crippen LogP contribution is -2.31. The lowest BCUT2D eigenvalue weighted by molar-refractivity contribution is 0.480. The molecule has 0 aliphatic carbocycles. The SMILES string of the molecule is CCN1CN(CCCCS(=O)(=O)O)c2ccccc21. The zero-order chi connectivity index (χ0) is 13.9. The van der Waals surface area contributed by atoms with E-state index >= 15 is 0 Å². The maximum absolute atomic E-state index is 10.7. The Morgan fingerprint density at radius 3 is 2.37 bits per heavy atom. The van der Waals surface area contributed by atoms with Crippen molar-refractivity contribution in [3.8, 4) is 0 Å². The zero-order valence-electron chi connectivity index (χ0n) is 11.1. The van der Waals surface area contributed by atoms with Crippen LogP contribution in [0.1, 0.15) is 19.8 Å². The van der Waals surface area contributed by atoms with Crippen molar-refractivity contribution >= 4 is 21.5 Å². The van der Waals surface area contributed by atoms with Crippen molar-refractivity contribution < 1.29 is 13.0 Å². The van der Waals surface area contributed by atoms with Crippen molar-refractivity contribution in [2.24, 2.45) is 0 Å². The minimum atomic E-state index is -3.82. The molecule has 1 heterocycles. The van der Waals surface area contributed by atoms with Gasteiger partial charge in [-0.15, -0.1) is 0 Å². The molecule has 0 fully saturated rings. The van der Waals surface area contributed by atoms with Gasteiger partial charge < -0.3 is 9.80 Å². The minimum Gasteiger partial charge on any atom is -0.352 e. The van der Waals surface area contributed by atoms with E-state index in [1.54, 1.807) is 0 Å². The molecule has 0 atom stereocenters. The Balaban J connectivity index is 1.92. The van der Waals surface area contributed by atoms with Crippen LogP contribution in [0.15, 0.2) is 24.3 Å². The topological polar surface area (TPSA) is 60.9 Å². The van der Waals surface area contributed by atoms with Crippen molar-refractivity contribution in [2.75, 3.05) is 35.3 Å². The number of anilines is 2. The Bertz CT molecular complexity index is 530. The quantitative estimate of drug-likeness (QED) is 0.639. The summed E-state index contributed by atoms with van der Waals surface area (Å²) in [7, 11) is -3.82. The van der Waals surface area contributed by atoms with Gasteiger partial charge >= 0.3 is 0 Å². The number of fused-ring (bicyclic) bond motifs is 1. The normalized spacial score (nSPS) is 14.8. The third-order valence-electron chi connectivity index (χ3n) is 3.37. The molecule has 0 saturated heterocycles. The highest BCUT2D eigenvalue weighted by molar-refractivity contribution is 7.85. The van der Waals surface area contributed by atoms with Gasteiger partial charge in [-0.05, 0) is 31.9 Å².